The molecule has 0 amide bonds. The van der Waals surface area contributed by atoms with Gasteiger partial charge in [0.15, 0.2) is 0 Å². The number of thioether (sulfide) groups is 1. The first kappa shape index (κ1) is 15.5. The number of hydrogen-bond donors (Lipinski definition) is 0. The number of carbonyl (C=O) groups excluding carboxylic acids is 2. The fourth-order valence-electron chi connectivity index (χ4n) is 2.07. The number of hydrogen-bond acceptors (Lipinski definition) is 8. The van der Waals surface area contributed by atoms with Gasteiger partial charge in [0.2, 0.25) is 6.10 Å². The molecular weight excluding hydrogens is 320 g/mol. The average molecular weight is 334 g/mol. The average Bonchev–Trinajstić information content (AvgIpc) is 3.14. The Kier molecular flexibility index (Phi) is 4.61. The number of aryl methyl sites for hydroxylation is 1. The van der Waals surface area contributed by atoms with Crippen molar-refractivity contribution in [3.8, 4) is 0 Å². The van der Waals surface area contributed by atoms with E-state index in [1.807, 2.05) is 13.0 Å². The molecule has 0 bridgehead atoms. The van der Waals surface area contributed by atoms with Gasteiger partial charge in [-0.2, -0.15) is 0 Å². The quantitative estimate of drug-likeness (QED) is 0.607. The standard InChI is InChI=1S/C15H14N2O5S/c1-9-7-10(17-22-9)8-23-13-11(3-2-5-16-13)14(18)21-12-4-6-20-15(12)19/h2-3,5,7,12H,4,6,8H2,1H3/t12-/m1/s1. The topological polar surface area (TPSA) is 91.5 Å². The summed E-state index contributed by atoms with van der Waals surface area (Å²) >= 11 is 1.35. The number of carbonyl (C=O) groups is 2. The minimum Gasteiger partial charge on any atom is -0.463 e. The second-order valence-corrected chi connectivity index (χ2v) is 5.89. The highest BCUT2D eigenvalue weighted by atomic mass is 32.2. The lowest BCUT2D eigenvalue weighted by atomic mass is 10.2. The van der Waals surface area contributed by atoms with Crippen LogP contribution in [0.15, 0.2) is 33.9 Å². The summed E-state index contributed by atoms with van der Waals surface area (Å²) in [5, 5.41) is 4.42. The van der Waals surface area contributed by atoms with Crippen LogP contribution in [-0.4, -0.2) is 34.8 Å². The van der Waals surface area contributed by atoms with Gasteiger partial charge < -0.3 is 14.0 Å². The van der Waals surface area contributed by atoms with Gasteiger partial charge in [-0.05, 0) is 19.1 Å². The molecule has 23 heavy (non-hydrogen) atoms. The van der Waals surface area contributed by atoms with E-state index >= 15 is 0 Å². The Hall–Kier alpha value is -2.35. The maximum Gasteiger partial charge on any atom is 0.347 e. The van der Waals surface area contributed by atoms with Crippen LogP contribution in [0.4, 0.5) is 0 Å². The number of pyridine rings is 1. The maximum absolute atomic E-state index is 12.3. The molecular formula is C15H14N2O5S. The van der Waals surface area contributed by atoms with E-state index in [2.05, 4.69) is 10.1 Å². The number of aromatic nitrogens is 2. The molecule has 1 aliphatic rings. The summed E-state index contributed by atoms with van der Waals surface area (Å²) in [5.74, 6) is 0.149. The fourth-order valence-corrected chi connectivity index (χ4v) is 2.93. The lowest BCUT2D eigenvalue weighted by Gasteiger charge is -2.10. The summed E-state index contributed by atoms with van der Waals surface area (Å²) < 4.78 is 15.0. The Labute approximate surface area is 136 Å². The molecule has 1 atom stereocenters. The van der Waals surface area contributed by atoms with E-state index in [1.165, 1.54) is 11.8 Å². The van der Waals surface area contributed by atoms with Crippen molar-refractivity contribution < 1.29 is 23.6 Å². The maximum atomic E-state index is 12.3. The normalized spacial score (nSPS) is 17.1. The number of rotatable bonds is 5. The van der Waals surface area contributed by atoms with Gasteiger partial charge in [-0.25, -0.2) is 14.6 Å². The van der Waals surface area contributed by atoms with Crippen LogP contribution in [0.3, 0.4) is 0 Å². The monoisotopic (exact) mass is 334 g/mol. The predicted molar refractivity (Wildman–Crippen MR) is 79.8 cm³/mol. The van der Waals surface area contributed by atoms with Gasteiger partial charge >= 0.3 is 11.9 Å². The number of nitrogens with zero attached hydrogens (tertiary/aromatic N) is 2. The Balaban J connectivity index is 1.69. The van der Waals surface area contributed by atoms with Crippen molar-refractivity contribution in [1.29, 1.82) is 0 Å². The van der Waals surface area contributed by atoms with Gasteiger partial charge in [0.05, 0.1) is 17.9 Å². The molecule has 2 aromatic rings. The molecule has 3 rings (SSSR count). The minimum atomic E-state index is -0.834. The van der Waals surface area contributed by atoms with Crippen LogP contribution in [0.2, 0.25) is 0 Å². The first-order chi connectivity index (χ1) is 11.1. The molecule has 0 unspecified atom stereocenters. The molecule has 0 saturated carbocycles. The van der Waals surface area contributed by atoms with Crippen LogP contribution < -0.4 is 0 Å². The van der Waals surface area contributed by atoms with Crippen LogP contribution in [-0.2, 0) is 20.0 Å². The van der Waals surface area contributed by atoms with E-state index in [0.29, 0.717) is 22.8 Å². The van der Waals surface area contributed by atoms with Crippen LogP contribution >= 0.6 is 11.8 Å². The van der Waals surface area contributed by atoms with E-state index in [-0.39, 0.29) is 6.61 Å². The Bertz CT molecular complexity index is 730. The highest BCUT2D eigenvalue weighted by molar-refractivity contribution is 7.98. The Morgan fingerprint density at radius 2 is 2.39 bits per heavy atom. The molecule has 1 aliphatic heterocycles. The third-order valence-corrected chi connectivity index (χ3v) is 4.20. The largest absolute Gasteiger partial charge is 0.463 e. The third-order valence-electron chi connectivity index (χ3n) is 3.16. The van der Waals surface area contributed by atoms with Crippen molar-refractivity contribution in [1.82, 2.24) is 10.1 Å². The second-order valence-electron chi connectivity index (χ2n) is 4.92. The third kappa shape index (κ3) is 3.70. The van der Waals surface area contributed by atoms with Crippen LogP contribution in [0, 0.1) is 6.92 Å². The molecule has 0 N–H and O–H groups in total. The van der Waals surface area contributed by atoms with Crippen molar-refractivity contribution in [3.05, 3.63) is 41.4 Å². The van der Waals surface area contributed by atoms with Gasteiger partial charge in [0.25, 0.3) is 0 Å². The SMILES string of the molecule is Cc1cc(CSc2ncccc2C(=O)O[C@@H]2CCOC2=O)no1. The zero-order chi connectivity index (χ0) is 16.2. The smallest absolute Gasteiger partial charge is 0.347 e. The van der Waals surface area contributed by atoms with Crippen LogP contribution in [0.1, 0.15) is 28.2 Å². The van der Waals surface area contributed by atoms with E-state index < -0.39 is 18.0 Å². The van der Waals surface area contributed by atoms with Crippen LogP contribution in [0.5, 0.6) is 0 Å². The molecule has 1 fully saturated rings. The molecule has 0 radical (unpaired) electrons. The molecule has 120 valence electrons. The first-order valence-corrected chi connectivity index (χ1v) is 7.99. The van der Waals surface area contributed by atoms with E-state index in [4.69, 9.17) is 14.0 Å². The number of esters is 2. The molecule has 0 spiro atoms. The Morgan fingerprint density at radius 1 is 1.52 bits per heavy atom. The molecule has 3 heterocycles. The summed E-state index contributed by atoms with van der Waals surface area (Å²) in [6.07, 6.45) is 1.14. The van der Waals surface area contributed by atoms with Gasteiger partial charge in [-0.1, -0.05) is 16.9 Å². The number of cyclic esters (lactones) is 1. The van der Waals surface area contributed by atoms with Gasteiger partial charge in [-0.15, -0.1) is 0 Å². The van der Waals surface area contributed by atoms with Gasteiger partial charge in [0.1, 0.15) is 10.8 Å². The van der Waals surface area contributed by atoms with Crippen molar-refractivity contribution in [2.75, 3.05) is 6.61 Å². The zero-order valence-electron chi connectivity index (χ0n) is 12.4. The second kappa shape index (κ2) is 6.82. The van der Waals surface area contributed by atoms with E-state index in [1.54, 1.807) is 18.3 Å². The summed E-state index contributed by atoms with van der Waals surface area (Å²) in [7, 11) is 0. The van der Waals surface area contributed by atoms with Gasteiger partial charge in [0, 0.05) is 24.4 Å². The highest BCUT2D eigenvalue weighted by Gasteiger charge is 2.31. The first-order valence-electron chi connectivity index (χ1n) is 7.01. The molecule has 8 heteroatoms. The summed E-state index contributed by atoms with van der Waals surface area (Å²) in [5.41, 5.74) is 1.08. The summed E-state index contributed by atoms with van der Waals surface area (Å²) in [6.45, 7) is 2.09. The lowest BCUT2D eigenvalue weighted by Crippen LogP contribution is -2.23. The van der Waals surface area contributed by atoms with E-state index in [9.17, 15) is 9.59 Å². The summed E-state index contributed by atoms with van der Waals surface area (Å²) in [4.78, 5) is 27.9. The van der Waals surface area contributed by atoms with Crippen molar-refractivity contribution >= 4 is 23.7 Å². The lowest BCUT2D eigenvalue weighted by molar-refractivity contribution is -0.145. The molecule has 2 aromatic heterocycles. The molecule has 1 saturated heterocycles. The highest BCUT2D eigenvalue weighted by Crippen LogP contribution is 2.25. The van der Waals surface area contributed by atoms with E-state index in [0.717, 1.165) is 11.5 Å². The van der Waals surface area contributed by atoms with Crippen molar-refractivity contribution in [2.24, 2.45) is 0 Å². The van der Waals surface area contributed by atoms with Gasteiger partial charge in [-0.3, -0.25) is 0 Å². The van der Waals surface area contributed by atoms with Crippen LogP contribution in [0.25, 0.3) is 0 Å². The molecule has 0 aliphatic carbocycles. The zero-order valence-corrected chi connectivity index (χ0v) is 13.2. The minimum absolute atomic E-state index is 0.275. The summed E-state index contributed by atoms with van der Waals surface area (Å²) in [6, 6.07) is 5.09. The molecule has 7 nitrogen and oxygen atoms in total. The van der Waals surface area contributed by atoms with Crippen molar-refractivity contribution in [3.63, 3.8) is 0 Å². The Morgan fingerprint density at radius 3 is 3.09 bits per heavy atom. The van der Waals surface area contributed by atoms with Crippen molar-refractivity contribution in [2.45, 2.75) is 30.2 Å². The predicted octanol–water partition coefficient (Wildman–Crippen LogP) is 2.14. The number of ether oxygens (including phenoxy) is 2. The fraction of sp³-hybridized carbons (Fsp3) is 0.333. The molecule has 0 aromatic carbocycles.